The van der Waals surface area contributed by atoms with Gasteiger partial charge in [-0.05, 0) is 25.0 Å². The van der Waals surface area contributed by atoms with Crippen molar-refractivity contribution >= 4 is 22.9 Å². The summed E-state index contributed by atoms with van der Waals surface area (Å²) < 4.78 is 3.02. The standard InChI is InChI=1S/C11H12ClN3S/c12-10-4-3-9(16-10)11-14-6-8-7(13)2-1-5-15(8)11/h3-4,6-7H,1-2,5,13H2. The van der Waals surface area contributed by atoms with Crippen LogP contribution in [0.4, 0.5) is 0 Å². The first-order chi connectivity index (χ1) is 7.75. The van der Waals surface area contributed by atoms with Crippen LogP contribution in [0.25, 0.3) is 10.7 Å². The van der Waals surface area contributed by atoms with Crippen molar-refractivity contribution in [2.75, 3.05) is 0 Å². The maximum Gasteiger partial charge on any atom is 0.150 e. The van der Waals surface area contributed by atoms with Crippen LogP contribution in [-0.4, -0.2) is 9.55 Å². The summed E-state index contributed by atoms with van der Waals surface area (Å²) in [4.78, 5) is 5.58. The van der Waals surface area contributed by atoms with Crippen LogP contribution in [0.3, 0.4) is 0 Å². The number of fused-ring (bicyclic) bond motifs is 1. The predicted molar refractivity (Wildman–Crippen MR) is 66.7 cm³/mol. The molecule has 0 spiro atoms. The summed E-state index contributed by atoms with van der Waals surface area (Å²) in [6.45, 7) is 1.01. The number of halogens is 1. The van der Waals surface area contributed by atoms with Crippen molar-refractivity contribution in [2.45, 2.75) is 25.4 Å². The molecule has 2 aromatic rings. The summed E-state index contributed by atoms with van der Waals surface area (Å²) in [5.41, 5.74) is 7.20. The lowest BCUT2D eigenvalue weighted by atomic mass is 10.1. The summed E-state index contributed by atoms with van der Waals surface area (Å²) in [5, 5.41) is 0. The molecule has 2 aromatic heterocycles. The van der Waals surface area contributed by atoms with Crippen molar-refractivity contribution in [3.8, 4) is 10.7 Å². The fourth-order valence-corrected chi connectivity index (χ4v) is 3.22. The maximum atomic E-state index is 6.06. The van der Waals surface area contributed by atoms with E-state index in [9.17, 15) is 0 Å². The highest BCUT2D eigenvalue weighted by molar-refractivity contribution is 7.19. The summed E-state index contributed by atoms with van der Waals surface area (Å²) in [7, 11) is 0. The topological polar surface area (TPSA) is 43.8 Å². The molecule has 5 heteroatoms. The summed E-state index contributed by atoms with van der Waals surface area (Å²) >= 11 is 7.51. The van der Waals surface area contributed by atoms with Crippen molar-refractivity contribution in [1.82, 2.24) is 9.55 Å². The Morgan fingerprint density at radius 1 is 1.50 bits per heavy atom. The minimum absolute atomic E-state index is 0.130. The van der Waals surface area contributed by atoms with Gasteiger partial charge in [-0.15, -0.1) is 11.3 Å². The van der Waals surface area contributed by atoms with Gasteiger partial charge in [0.05, 0.1) is 21.1 Å². The summed E-state index contributed by atoms with van der Waals surface area (Å²) in [5.74, 6) is 1.00. The Morgan fingerprint density at radius 2 is 2.38 bits per heavy atom. The molecule has 0 fully saturated rings. The molecule has 1 aliphatic rings. The molecule has 0 amide bonds. The average Bonchev–Trinajstić information content (AvgIpc) is 2.84. The SMILES string of the molecule is NC1CCCn2c1cnc2-c1ccc(Cl)s1. The van der Waals surface area contributed by atoms with Crippen LogP contribution in [0.15, 0.2) is 18.3 Å². The Balaban J connectivity index is 2.09. The number of nitrogens with two attached hydrogens (primary N) is 1. The third-order valence-corrected chi connectivity index (χ3v) is 4.18. The van der Waals surface area contributed by atoms with E-state index in [0.29, 0.717) is 0 Å². The van der Waals surface area contributed by atoms with Gasteiger partial charge in [0.15, 0.2) is 0 Å². The molecule has 0 radical (unpaired) electrons. The summed E-state index contributed by atoms with van der Waals surface area (Å²) in [6.07, 6.45) is 4.07. The molecule has 0 bridgehead atoms. The second kappa shape index (κ2) is 3.87. The minimum atomic E-state index is 0.130. The Labute approximate surface area is 103 Å². The molecule has 0 aliphatic carbocycles. The average molecular weight is 254 g/mol. The lowest BCUT2D eigenvalue weighted by Gasteiger charge is -2.21. The van der Waals surface area contributed by atoms with Crippen LogP contribution < -0.4 is 5.73 Å². The van der Waals surface area contributed by atoms with Crippen LogP contribution >= 0.6 is 22.9 Å². The third kappa shape index (κ3) is 1.57. The van der Waals surface area contributed by atoms with E-state index in [0.717, 1.165) is 40.1 Å². The van der Waals surface area contributed by atoms with Gasteiger partial charge in [-0.2, -0.15) is 0 Å². The van der Waals surface area contributed by atoms with Crippen LogP contribution in [0.2, 0.25) is 4.34 Å². The molecule has 16 heavy (non-hydrogen) atoms. The number of rotatable bonds is 1. The van der Waals surface area contributed by atoms with E-state index in [2.05, 4.69) is 9.55 Å². The van der Waals surface area contributed by atoms with Crippen molar-refractivity contribution in [1.29, 1.82) is 0 Å². The van der Waals surface area contributed by atoms with Crippen LogP contribution in [0, 0.1) is 0 Å². The molecule has 2 N–H and O–H groups in total. The molecule has 0 saturated carbocycles. The smallest absolute Gasteiger partial charge is 0.150 e. The predicted octanol–water partition coefficient (Wildman–Crippen LogP) is 3.06. The lowest BCUT2D eigenvalue weighted by molar-refractivity contribution is 0.466. The molecule has 3 nitrogen and oxygen atoms in total. The van der Waals surface area contributed by atoms with Crippen molar-refractivity contribution in [3.63, 3.8) is 0 Å². The second-order valence-corrected chi connectivity index (χ2v) is 5.73. The molecule has 0 aromatic carbocycles. The van der Waals surface area contributed by atoms with E-state index < -0.39 is 0 Å². The molecule has 3 rings (SSSR count). The monoisotopic (exact) mass is 253 g/mol. The van der Waals surface area contributed by atoms with Crippen LogP contribution in [0.1, 0.15) is 24.6 Å². The molecule has 84 valence electrons. The zero-order chi connectivity index (χ0) is 11.1. The first kappa shape index (κ1) is 10.3. The molecule has 1 aliphatic heterocycles. The van der Waals surface area contributed by atoms with E-state index in [-0.39, 0.29) is 6.04 Å². The largest absolute Gasteiger partial charge is 0.326 e. The highest BCUT2D eigenvalue weighted by Gasteiger charge is 2.21. The minimum Gasteiger partial charge on any atom is -0.326 e. The number of thiophene rings is 1. The number of aromatic nitrogens is 2. The normalized spacial score (nSPS) is 19.8. The molecule has 1 atom stereocenters. The number of hydrogen-bond donors (Lipinski definition) is 1. The van der Waals surface area contributed by atoms with Gasteiger partial charge in [0, 0.05) is 12.6 Å². The van der Waals surface area contributed by atoms with Crippen molar-refractivity contribution in [2.24, 2.45) is 5.73 Å². The second-order valence-electron chi connectivity index (χ2n) is 4.01. The molecular formula is C11H12ClN3S. The van der Waals surface area contributed by atoms with Gasteiger partial charge in [0.2, 0.25) is 0 Å². The van der Waals surface area contributed by atoms with E-state index in [1.807, 2.05) is 18.3 Å². The summed E-state index contributed by atoms with van der Waals surface area (Å²) in [6, 6.07) is 4.06. The zero-order valence-corrected chi connectivity index (χ0v) is 10.3. The van der Waals surface area contributed by atoms with Gasteiger partial charge in [0.25, 0.3) is 0 Å². The first-order valence-corrected chi connectivity index (χ1v) is 6.52. The van der Waals surface area contributed by atoms with Gasteiger partial charge >= 0.3 is 0 Å². The highest BCUT2D eigenvalue weighted by atomic mass is 35.5. The van der Waals surface area contributed by atoms with Gasteiger partial charge in [-0.3, -0.25) is 0 Å². The molecule has 0 saturated heterocycles. The lowest BCUT2D eigenvalue weighted by Crippen LogP contribution is -2.21. The van der Waals surface area contributed by atoms with Crippen LogP contribution in [0.5, 0.6) is 0 Å². The van der Waals surface area contributed by atoms with Gasteiger partial charge in [-0.25, -0.2) is 4.98 Å². The molecular weight excluding hydrogens is 242 g/mol. The van der Waals surface area contributed by atoms with Gasteiger partial charge in [0.1, 0.15) is 5.82 Å². The fraction of sp³-hybridized carbons (Fsp3) is 0.364. The number of imidazole rings is 1. The van der Waals surface area contributed by atoms with Gasteiger partial charge < -0.3 is 10.3 Å². The van der Waals surface area contributed by atoms with E-state index >= 15 is 0 Å². The zero-order valence-electron chi connectivity index (χ0n) is 8.69. The van der Waals surface area contributed by atoms with Crippen LogP contribution in [-0.2, 0) is 6.54 Å². The Bertz CT molecular complexity index is 517. The van der Waals surface area contributed by atoms with E-state index in [1.165, 1.54) is 0 Å². The van der Waals surface area contributed by atoms with Crippen molar-refractivity contribution < 1.29 is 0 Å². The Kier molecular flexibility index (Phi) is 2.50. The quantitative estimate of drug-likeness (QED) is 0.849. The van der Waals surface area contributed by atoms with Crippen molar-refractivity contribution in [3.05, 3.63) is 28.4 Å². The maximum absolute atomic E-state index is 6.06. The first-order valence-electron chi connectivity index (χ1n) is 5.32. The van der Waals surface area contributed by atoms with E-state index in [1.54, 1.807) is 11.3 Å². The Hall–Kier alpha value is -0.840. The highest BCUT2D eigenvalue weighted by Crippen LogP contribution is 2.33. The number of hydrogen-bond acceptors (Lipinski definition) is 3. The third-order valence-electron chi connectivity index (χ3n) is 2.96. The van der Waals surface area contributed by atoms with E-state index in [4.69, 9.17) is 17.3 Å². The number of nitrogens with zero attached hydrogens (tertiary/aromatic N) is 2. The molecule has 3 heterocycles. The Morgan fingerprint density at radius 3 is 3.12 bits per heavy atom. The fourth-order valence-electron chi connectivity index (χ4n) is 2.17. The van der Waals surface area contributed by atoms with Gasteiger partial charge in [-0.1, -0.05) is 11.6 Å². The molecule has 1 unspecified atom stereocenters.